The third-order valence-electron chi connectivity index (χ3n) is 19.5. The molecule has 600 valence electrons. The van der Waals surface area contributed by atoms with Crippen LogP contribution in [0.3, 0.4) is 0 Å². The highest BCUT2D eigenvalue weighted by Crippen LogP contribution is 2.45. The Morgan fingerprint density at radius 3 is 0.752 bits per heavy atom. The van der Waals surface area contributed by atoms with Gasteiger partial charge in [0.25, 0.3) is 0 Å². The van der Waals surface area contributed by atoms with Gasteiger partial charge in [0, 0.05) is 25.7 Å². The molecule has 0 rings (SSSR count). The van der Waals surface area contributed by atoms with Crippen molar-refractivity contribution in [2.75, 3.05) is 39.6 Å². The normalized spacial score (nSPS) is 14.2. The highest BCUT2D eigenvalue weighted by Gasteiger charge is 2.30. The number of aliphatic hydroxyl groups is 1. The predicted molar refractivity (Wildman–Crippen MR) is 414 cm³/mol. The summed E-state index contributed by atoms with van der Waals surface area (Å²) in [6.45, 7) is 11.9. The van der Waals surface area contributed by atoms with Crippen molar-refractivity contribution >= 4 is 39.5 Å². The lowest BCUT2D eigenvalue weighted by atomic mass is 9.99. The van der Waals surface area contributed by atoms with Gasteiger partial charge in [-0.1, -0.05) is 376 Å². The molecular weight excluding hydrogens is 1320 g/mol. The van der Waals surface area contributed by atoms with Gasteiger partial charge in [0.05, 0.1) is 26.4 Å². The summed E-state index contributed by atoms with van der Waals surface area (Å²) in [4.78, 5) is 73.0. The largest absolute Gasteiger partial charge is 0.472 e. The molecule has 0 saturated carbocycles. The number of ether oxygens (including phenoxy) is 4. The summed E-state index contributed by atoms with van der Waals surface area (Å²) < 4.78 is 68.7. The SMILES string of the molecule is CCCCCCCCCCCCCCCCCC(=O)O[C@H](COC(=O)CCCCCCCCC(C)C)COP(=O)(O)OC[C@H](O)COP(=O)(O)OC[C@@H](COC(=O)CCCCCCCCCCCCCCC(C)C)OC(=O)CCCCCCCCCCCCCCCCCCCCC(C)CC. The van der Waals surface area contributed by atoms with Crippen LogP contribution < -0.4 is 0 Å². The summed E-state index contributed by atoms with van der Waals surface area (Å²) in [5.74, 6) is 0.221. The molecular formula is C82H160O17P2. The Kier molecular flexibility index (Phi) is 70.9. The number of phosphoric acid groups is 2. The van der Waals surface area contributed by atoms with Crippen LogP contribution in [0.4, 0.5) is 0 Å². The monoisotopic (exact) mass is 1480 g/mol. The number of rotatable bonds is 80. The Morgan fingerprint density at radius 2 is 0.505 bits per heavy atom. The standard InChI is InChI=1S/C82H160O17P2/c1-8-10-11-12-13-14-15-16-21-25-32-37-42-51-58-66-82(87)99-78(70-93-80(85)64-57-50-45-44-47-54-61-74(5)6)72-97-101(90,91)95-68-76(83)67-94-100(88,89)96-71-77(69-92-79(84)63-56-49-41-36-31-28-27-29-34-39-46-53-60-73(3)4)98-81(86)65-59-52-43-38-33-26-23-20-18-17-19-22-24-30-35-40-48-55-62-75(7)9-2/h73-78,83H,8-72H2,1-7H3,(H,88,89)(H,90,91)/t75?,76-,77-,78-/m1/s1. The molecule has 3 N–H and O–H groups in total. The minimum absolute atomic E-state index is 0.107. The highest BCUT2D eigenvalue weighted by molar-refractivity contribution is 7.47. The van der Waals surface area contributed by atoms with E-state index in [2.05, 4.69) is 48.5 Å². The van der Waals surface area contributed by atoms with E-state index in [-0.39, 0.29) is 25.7 Å². The molecule has 17 nitrogen and oxygen atoms in total. The van der Waals surface area contributed by atoms with Crippen LogP contribution in [0.2, 0.25) is 0 Å². The highest BCUT2D eigenvalue weighted by atomic mass is 31.2. The number of phosphoric ester groups is 2. The summed E-state index contributed by atoms with van der Waals surface area (Å²) in [5.41, 5.74) is 0. The average Bonchev–Trinajstić information content (AvgIpc) is 1.05. The first-order chi connectivity index (χ1) is 48.8. The van der Waals surface area contributed by atoms with Crippen molar-refractivity contribution in [3.05, 3.63) is 0 Å². The van der Waals surface area contributed by atoms with Crippen LogP contribution in [-0.2, 0) is 65.4 Å². The first-order valence-corrected chi connectivity index (χ1v) is 45.4. The molecule has 0 amide bonds. The Morgan fingerprint density at radius 1 is 0.287 bits per heavy atom. The zero-order chi connectivity index (χ0) is 74.4. The van der Waals surface area contributed by atoms with Gasteiger partial charge in [-0.25, -0.2) is 9.13 Å². The molecule has 0 aliphatic heterocycles. The summed E-state index contributed by atoms with van der Waals surface area (Å²) in [6, 6.07) is 0. The van der Waals surface area contributed by atoms with Crippen LogP contribution in [0.25, 0.3) is 0 Å². The molecule has 0 fully saturated rings. The predicted octanol–water partition coefficient (Wildman–Crippen LogP) is 24.5. The van der Waals surface area contributed by atoms with Gasteiger partial charge in [0.2, 0.25) is 0 Å². The van der Waals surface area contributed by atoms with Gasteiger partial charge >= 0.3 is 39.5 Å². The quantitative estimate of drug-likeness (QED) is 0.0222. The first-order valence-electron chi connectivity index (χ1n) is 42.4. The van der Waals surface area contributed by atoms with Crippen LogP contribution in [0.1, 0.15) is 427 Å². The molecule has 0 radical (unpaired) electrons. The number of aliphatic hydroxyl groups excluding tert-OH is 1. The minimum Gasteiger partial charge on any atom is -0.462 e. The van der Waals surface area contributed by atoms with E-state index < -0.39 is 97.5 Å². The van der Waals surface area contributed by atoms with E-state index in [9.17, 15) is 43.2 Å². The molecule has 0 aliphatic rings. The number of carbonyl (C=O) groups is 4. The maximum atomic E-state index is 13.1. The molecule has 0 aromatic carbocycles. The molecule has 0 bridgehead atoms. The van der Waals surface area contributed by atoms with E-state index in [4.69, 9.17) is 37.0 Å². The van der Waals surface area contributed by atoms with Crippen LogP contribution in [0.15, 0.2) is 0 Å². The first kappa shape index (κ1) is 99.1. The topological polar surface area (TPSA) is 237 Å². The van der Waals surface area contributed by atoms with Gasteiger partial charge < -0.3 is 33.8 Å². The molecule has 3 unspecified atom stereocenters. The molecule has 101 heavy (non-hydrogen) atoms. The van der Waals surface area contributed by atoms with Crippen molar-refractivity contribution in [2.24, 2.45) is 17.8 Å². The van der Waals surface area contributed by atoms with Crippen molar-refractivity contribution in [1.29, 1.82) is 0 Å². The van der Waals surface area contributed by atoms with Gasteiger partial charge in [-0.2, -0.15) is 0 Å². The maximum Gasteiger partial charge on any atom is 0.472 e. The molecule has 0 aromatic rings. The zero-order valence-electron chi connectivity index (χ0n) is 66.4. The fraction of sp³-hybridized carbons (Fsp3) is 0.951. The Labute approximate surface area is 619 Å². The maximum absolute atomic E-state index is 13.1. The summed E-state index contributed by atoms with van der Waals surface area (Å²) in [7, 11) is -9.92. The lowest BCUT2D eigenvalue weighted by molar-refractivity contribution is -0.161. The average molecular weight is 1480 g/mol. The lowest BCUT2D eigenvalue weighted by Gasteiger charge is -2.21. The van der Waals surface area contributed by atoms with Crippen molar-refractivity contribution in [3.8, 4) is 0 Å². The second-order valence-electron chi connectivity index (χ2n) is 30.7. The number of esters is 4. The minimum atomic E-state index is -4.96. The van der Waals surface area contributed by atoms with Crippen LogP contribution in [-0.4, -0.2) is 96.7 Å². The molecule has 0 spiro atoms. The number of hydrogen-bond acceptors (Lipinski definition) is 15. The van der Waals surface area contributed by atoms with Crippen molar-refractivity contribution in [1.82, 2.24) is 0 Å². The van der Waals surface area contributed by atoms with E-state index >= 15 is 0 Å². The molecule has 0 heterocycles. The number of carbonyl (C=O) groups excluding carboxylic acids is 4. The van der Waals surface area contributed by atoms with Crippen molar-refractivity contribution < 1.29 is 80.2 Å². The van der Waals surface area contributed by atoms with Crippen molar-refractivity contribution in [2.45, 2.75) is 446 Å². The summed E-state index contributed by atoms with van der Waals surface area (Å²) in [6.07, 6.45) is 61.2. The van der Waals surface area contributed by atoms with Gasteiger partial charge in [0.15, 0.2) is 12.2 Å². The zero-order valence-corrected chi connectivity index (χ0v) is 68.2. The summed E-state index contributed by atoms with van der Waals surface area (Å²) >= 11 is 0. The van der Waals surface area contributed by atoms with E-state index in [1.54, 1.807) is 0 Å². The third-order valence-corrected chi connectivity index (χ3v) is 21.4. The van der Waals surface area contributed by atoms with Gasteiger partial charge in [-0.3, -0.25) is 37.3 Å². The van der Waals surface area contributed by atoms with E-state index in [1.165, 1.54) is 231 Å². The van der Waals surface area contributed by atoms with Crippen molar-refractivity contribution in [3.63, 3.8) is 0 Å². The lowest BCUT2D eigenvalue weighted by Crippen LogP contribution is -2.30. The Hall–Kier alpha value is -1.94. The fourth-order valence-corrected chi connectivity index (χ4v) is 14.2. The molecule has 6 atom stereocenters. The second kappa shape index (κ2) is 72.3. The number of unbranched alkanes of at least 4 members (excludes halogenated alkanes) is 47. The van der Waals surface area contributed by atoms with Crippen LogP contribution >= 0.6 is 15.6 Å². The smallest absolute Gasteiger partial charge is 0.462 e. The number of hydrogen-bond donors (Lipinski definition) is 3. The Bertz CT molecular complexity index is 1960. The molecule has 0 saturated heterocycles. The fourth-order valence-electron chi connectivity index (χ4n) is 12.6. The molecule has 0 aromatic heterocycles. The van der Waals surface area contributed by atoms with E-state index in [1.807, 2.05) is 0 Å². The van der Waals surface area contributed by atoms with E-state index in [0.717, 1.165) is 108 Å². The van der Waals surface area contributed by atoms with Crippen LogP contribution in [0, 0.1) is 17.8 Å². The third kappa shape index (κ3) is 74.7. The van der Waals surface area contributed by atoms with Gasteiger partial charge in [-0.15, -0.1) is 0 Å². The van der Waals surface area contributed by atoms with Crippen LogP contribution in [0.5, 0.6) is 0 Å². The molecule has 19 heteroatoms. The summed E-state index contributed by atoms with van der Waals surface area (Å²) in [5, 5.41) is 10.6. The van der Waals surface area contributed by atoms with Gasteiger partial charge in [0.1, 0.15) is 19.3 Å². The Balaban J connectivity index is 5.20. The van der Waals surface area contributed by atoms with E-state index in [0.29, 0.717) is 31.6 Å². The van der Waals surface area contributed by atoms with Gasteiger partial charge in [-0.05, 0) is 43.4 Å². The molecule has 0 aliphatic carbocycles. The second-order valence-corrected chi connectivity index (χ2v) is 33.6.